The first kappa shape index (κ1) is 10.7. The monoisotopic (exact) mass is 217 g/mol. The molecule has 16 heavy (non-hydrogen) atoms. The molecule has 84 valence electrons. The number of cyclic esters (lactones) is 1. The lowest BCUT2D eigenvalue weighted by Gasteiger charge is -2.19. The van der Waals surface area contributed by atoms with Crippen LogP contribution in [0.15, 0.2) is 43.0 Å². The molecule has 1 aromatic rings. The van der Waals surface area contributed by atoms with Crippen molar-refractivity contribution in [1.29, 1.82) is 0 Å². The summed E-state index contributed by atoms with van der Waals surface area (Å²) in [6.07, 6.45) is 1.21. The van der Waals surface area contributed by atoms with E-state index >= 15 is 0 Å². The number of rotatable bonds is 3. The van der Waals surface area contributed by atoms with Gasteiger partial charge >= 0.3 is 6.09 Å². The standard InChI is InChI=1S/C13H15NO2/c1-3-12-10(2)14(13(15)16-12)9-11-7-5-4-6-8-11/h3-8,10,12H,1,9H2,2H3. The molecule has 2 atom stereocenters. The van der Waals surface area contributed by atoms with E-state index in [4.69, 9.17) is 4.74 Å². The minimum absolute atomic E-state index is 0.0465. The van der Waals surface area contributed by atoms with Crippen molar-refractivity contribution >= 4 is 6.09 Å². The summed E-state index contributed by atoms with van der Waals surface area (Å²) in [6, 6.07) is 9.94. The fourth-order valence-corrected chi connectivity index (χ4v) is 1.86. The molecule has 3 heteroatoms. The van der Waals surface area contributed by atoms with Crippen LogP contribution in [0.3, 0.4) is 0 Å². The molecule has 0 spiro atoms. The maximum atomic E-state index is 11.6. The van der Waals surface area contributed by atoms with Crippen LogP contribution < -0.4 is 0 Å². The zero-order chi connectivity index (χ0) is 11.5. The van der Waals surface area contributed by atoms with Gasteiger partial charge in [-0.05, 0) is 18.6 Å². The largest absolute Gasteiger partial charge is 0.440 e. The molecule has 2 rings (SSSR count). The molecule has 0 aliphatic carbocycles. The minimum atomic E-state index is -0.263. The van der Waals surface area contributed by atoms with Crippen molar-refractivity contribution in [2.45, 2.75) is 25.6 Å². The number of amides is 1. The van der Waals surface area contributed by atoms with Gasteiger partial charge in [-0.25, -0.2) is 4.79 Å². The summed E-state index contributed by atoms with van der Waals surface area (Å²) >= 11 is 0. The summed E-state index contributed by atoms with van der Waals surface area (Å²) in [5.74, 6) is 0. The molecular formula is C13H15NO2. The highest BCUT2D eigenvalue weighted by Crippen LogP contribution is 2.22. The topological polar surface area (TPSA) is 29.5 Å². The average Bonchev–Trinajstić information content (AvgIpc) is 2.58. The first-order valence-electron chi connectivity index (χ1n) is 5.36. The lowest BCUT2D eigenvalue weighted by Crippen LogP contribution is -2.32. The molecule has 0 radical (unpaired) electrons. The number of carbonyl (C=O) groups excluding carboxylic acids is 1. The Kier molecular flexibility index (Phi) is 2.95. The predicted octanol–water partition coefficient (Wildman–Crippen LogP) is 2.58. The summed E-state index contributed by atoms with van der Waals surface area (Å²) in [5.41, 5.74) is 1.11. The SMILES string of the molecule is C=CC1OC(=O)N(Cc2ccccc2)C1C. The van der Waals surface area contributed by atoms with Crippen molar-refractivity contribution in [3.05, 3.63) is 48.6 Å². The van der Waals surface area contributed by atoms with Gasteiger partial charge < -0.3 is 4.74 Å². The van der Waals surface area contributed by atoms with Crippen molar-refractivity contribution in [1.82, 2.24) is 4.90 Å². The molecule has 0 bridgehead atoms. The fraction of sp³-hybridized carbons (Fsp3) is 0.308. The highest BCUT2D eigenvalue weighted by molar-refractivity contribution is 5.71. The molecule has 1 amide bonds. The molecule has 0 N–H and O–H groups in total. The van der Waals surface area contributed by atoms with Gasteiger partial charge in [-0.1, -0.05) is 36.9 Å². The number of hydrogen-bond acceptors (Lipinski definition) is 2. The van der Waals surface area contributed by atoms with Gasteiger partial charge in [0, 0.05) is 6.54 Å². The molecule has 1 fully saturated rings. The molecule has 1 saturated heterocycles. The van der Waals surface area contributed by atoms with E-state index < -0.39 is 0 Å². The van der Waals surface area contributed by atoms with Crippen molar-refractivity contribution in [3.63, 3.8) is 0 Å². The molecule has 0 aromatic heterocycles. The Morgan fingerprint density at radius 1 is 1.44 bits per heavy atom. The van der Waals surface area contributed by atoms with E-state index in [1.54, 1.807) is 11.0 Å². The zero-order valence-electron chi connectivity index (χ0n) is 9.30. The molecule has 1 heterocycles. The molecule has 1 aliphatic rings. The van der Waals surface area contributed by atoms with Crippen LogP contribution in [0, 0.1) is 0 Å². The van der Waals surface area contributed by atoms with Gasteiger partial charge in [0.1, 0.15) is 6.10 Å². The quantitative estimate of drug-likeness (QED) is 0.728. The third-order valence-electron chi connectivity index (χ3n) is 2.87. The maximum absolute atomic E-state index is 11.6. The van der Waals surface area contributed by atoms with E-state index in [-0.39, 0.29) is 18.2 Å². The smallest absolute Gasteiger partial charge is 0.411 e. The minimum Gasteiger partial charge on any atom is -0.440 e. The van der Waals surface area contributed by atoms with E-state index in [1.165, 1.54) is 0 Å². The van der Waals surface area contributed by atoms with Crippen molar-refractivity contribution < 1.29 is 9.53 Å². The van der Waals surface area contributed by atoms with Crippen LogP contribution in [0.2, 0.25) is 0 Å². The first-order valence-corrected chi connectivity index (χ1v) is 5.36. The molecule has 2 unspecified atom stereocenters. The Labute approximate surface area is 95.3 Å². The van der Waals surface area contributed by atoms with Crippen LogP contribution in [0.1, 0.15) is 12.5 Å². The van der Waals surface area contributed by atoms with Crippen LogP contribution in [-0.2, 0) is 11.3 Å². The van der Waals surface area contributed by atoms with Crippen molar-refractivity contribution in [3.8, 4) is 0 Å². The van der Waals surface area contributed by atoms with E-state index in [0.717, 1.165) is 5.56 Å². The summed E-state index contributed by atoms with van der Waals surface area (Å²) in [7, 11) is 0. The summed E-state index contributed by atoms with van der Waals surface area (Å²) < 4.78 is 5.18. The van der Waals surface area contributed by atoms with Gasteiger partial charge in [0.2, 0.25) is 0 Å². The normalized spacial score (nSPS) is 24.3. The third-order valence-corrected chi connectivity index (χ3v) is 2.87. The number of carbonyl (C=O) groups is 1. The Bertz CT molecular complexity index is 388. The Balaban J connectivity index is 2.11. The predicted molar refractivity (Wildman–Crippen MR) is 61.9 cm³/mol. The van der Waals surface area contributed by atoms with Gasteiger partial charge in [-0.3, -0.25) is 4.90 Å². The molecule has 1 aliphatic heterocycles. The van der Waals surface area contributed by atoms with E-state index in [1.807, 2.05) is 37.3 Å². The zero-order valence-corrected chi connectivity index (χ0v) is 9.30. The van der Waals surface area contributed by atoms with E-state index in [2.05, 4.69) is 6.58 Å². The molecular weight excluding hydrogens is 202 g/mol. The third kappa shape index (κ3) is 1.94. The highest BCUT2D eigenvalue weighted by Gasteiger charge is 2.36. The van der Waals surface area contributed by atoms with Gasteiger partial charge in [-0.2, -0.15) is 0 Å². The van der Waals surface area contributed by atoms with Crippen LogP contribution in [0.25, 0.3) is 0 Å². The second-order valence-electron chi connectivity index (χ2n) is 3.94. The van der Waals surface area contributed by atoms with Crippen LogP contribution in [0.5, 0.6) is 0 Å². The Morgan fingerprint density at radius 3 is 2.69 bits per heavy atom. The number of ether oxygens (including phenoxy) is 1. The Hall–Kier alpha value is -1.77. The summed E-state index contributed by atoms with van der Waals surface area (Å²) in [5, 5.41) is 0. The van der Waals surface area contributed by atoms with Crippen LogP contribution in [0.4, 0.5) is 4.79 Å². The van der Waals surface area contributed by atoms with Crippen molar-refractivity contribution in [2.24, 2.45) is 0 Å². The van der Waals surface area contributed by atoms with E-state index in [0.29, 0.717) is 6.54 Å². The molecule has 3 nitrogen and oxygen atoms in total. The van der Waals surface area contributed by atoms with Crippen molar-refractivity contribution in [2.75, 3.05) is 0 Å². The fourth-order valence-electron chi connectivity index (χ4n) is 1.86. The average molecular weight is 217 g/mol. The maximum Gasteiger partial charge on any atom is 0.411 e. The second kappa shape index (κ2) is 4.39. The van der Waals surface area contributed by atoms with Gasteiger partial charge in [0.05, 0.1) is 6.04 Å². The summed E-state index contributed by atoms with van der Waals surface area (Å²) in [6.45, 7) is 6.23. The lowest BCUT2D eigenvalue weighted by molar-refractivity contribution is 0.144. The lowest BCUT2D eigenvalue weighted by atomic mass is 10.1. The number of benzene rings is 1. The first-order chi connectivity index (χ1) is 7.72. The highest BCUT2D eigenvalue weighted by atomic mass is 16.6. The second-order valence-corrected chi connectivity index (χ2v) is 3.94. The number of hydrogen-bond donors (Lipinski definition) is 0. The Morgan fingerprint density at radius 2 is 2.12 bits per heavy atom. The van der Waals surface area contributed by atoms with Gasteiger partial charge in [0.25, 0.3) is 0 Å². The summed E-state index contributed by atoms with van der Waals surface area (Å²) in [4.78, 5) is 13.3. The van der Waals surface area contributed by atoms with Gasteiger partial charge in [-0.15, -0.1) is 0 Å². The van der Waals surface area contributed by atoms with Crippen LogP contribution in [-0.4, -0.2) is 23.1 Å². The van der Waals surface area contributed by atoms with Crippen LogP contribution >= 0.6 is 0 Å². The van der Waals surface area contributed by atoms with E-state index in [9.17, 15) is 4.79 Å². The number of nitrogens with zero attached hydrogens (tertiary/aromatic N) is 1. The molecule has 1 aromatic carbocycles. The van der Waals surface area contributed by atoms with Gasteiger partial charge in [0.15, 0.2) is 0 Å². The molecule has 0 saturated carbocycles.